The third kappa shape index (κ3) is 3.50. The Hall–Kier alpha value is -1.50. The molecule has 4 nitrogen and oxygen atoms in total. The lowest BCUT2D eigenvalue weighted by molar-refractivity contribution is 0.601. The maximum atomic E-state index is 12.1. The first-order chi connectivity index (χ1) is 12.4. The molecule has 1 saturated heterocycles. The molecular formula is C19H19ClN2O2S2. The Morgan fingerprint density at radius 1 is 1.15 bits per heavy atom. The summed E-state index contributed by atoms with van der Waals surface area (Å²) in [6.07, 6.45) is 0. The SMILES string of the molecule is Cc1ccc(N2C(SCc3ccccc3Cl)=N[C@H]3CS(=O)(=O)C[C@@H]32)cc1. The molecule has 2 aliphatic heterocycles. The van der Waals surface area contributed by atoms with Gasteiger partial charge in [-0.1, -0.05) is 59.3 Å². The van der Waals surface area contributed by atoms with Crippen LogP contribution in [0.5, 0.6) is 0 Å². The normalized spacial score (nSPS) is 23.8. The first kappa shape index (κ1) is 17.9. The highest BCUT2D eigenvalue weighted by atomic mass is 35.5. The molecule has 2 aliphatic rings. The maximum absolute atomic E-state index is 12.1. The van der Waals surface area contributed by atoms with Crippen molar-refractivity contribution in [3.05, 3.63) is 64.7 Å². The Balaban J connectivity index is 1.63. The number of hydrogen-bond donors (Lipinski definition) is 0. The van der Waals surface area contributed by atoms with Crippen LogP contribution in [0.1, 0.15) is 11.1 Å². The van der Waals surface area contributed by atoms with E-state index in [0.29, 0.717) is 5.75 Å². The summed E-state index contributed by atoms with van der Waals surface area (Å²) in [5.41, 5.74) is 3.21. The Morgan fingerprint density at radius 2 is 1.88 bits per heavy atom. The van der Waals surface area contributed by atoms with E-state index < -0.39 is 9.84 Å². The van der Waals surface area contributed by atoms with Crippen molar-refractivity contribution >= 4 is 44.1 Å². The van der Waals surface area contributed by atoms with Crippen molar-refractivity contribution in [2.24, 2.45) is 4.99 Å². The summed E-state index contributed by atoms with van der Waals surface area (Å²) >= 11 is 7.88. The maximum Gasteiger partial charge on any atom is 0.164 e. The van der Waals surface area contributed by atoms with Gasteiger partial charge in [-0.3, -0.25) is 4.99 Å². The highest BCUT2D eigenvalue weighted by Crippen LogP contribution is 2.36. The molecule has 2 heterocycles. The predicted octanol–water partition coefficient (Wildman–Crippen LogP) is 3.92. The molecule has 0 aliphatic carbocycles. The minimum Gasteiger partial charge on any atom is -0.315 e. The van der Waals surface area contributed by atoms with E-state index in [4.69, 9.17) is 16.6 Å². The Labute approximate surface area is 163 Å². The van der Waals surface area contributed by atoms with E-state index >= 15 is 0 Å². The minimum atomic E-state index is -3.03. The van der Waals surface area contributed by atoms with Gasteiger partial charge in [0.1, 0.15) is 0 Å². The lowest BCUT2D eigenvalue weighted by atomic mass is 10.1. The second kappa shape index (κ2) is 6.91. The van der Waals surface area contributed by atoms with Crippen molar-refractivity contribution in [1.29, 1.82) is 0 Å². The number of thioether (sulfide) groups is 1. The van der Waals surface area contributed by atoms with E-state index in [1.165, 1.54) is 5.56 Å². The van der Waals surface area contributed by atoms with Gasteiger partial charge in [0, 0.05) is 16.5 Å². The largest absolute Gasteiger partial charge is 0.315 e. The van der Waals surface area contributed by atoms with E-state index in [-0.39, 0.29) is 23.6 Å². The van der Waals surface area contributed by atoms with Crippen molar-refractivity contribution in [3.8, 4) is 0 Å². The van der Waals surface area contributed by atoms with E-state index in [1.54, 1.807) is 11.8 Å². The molecule has 26 heavy (non-hydrogen) atoms. The minimum absolute atomic E-state index is 0.114. The van der Waals surface area contributed by atoms with Crippen LogP contribution in [0.25, 0.3) is 0 Å². The Kier molecular flexibility index (Phi) is 4.75. The predicted molar refractivity (Wildman–Crippen MR) is 110 cm³/mol. The second-order valence-corrected chi connectivity index (χ2v) is 10.2. The quantitative estimate of drug-likeness (QED) is 0.775. The number of rotatable bonds is 3. The fourth-order valence-corrected chi connectivity index (χ4v) is 6.65. The molecule has 0 saturated carbocycles. The fraction of sp³-hybridized carbons (Fsp3) is 0.316. The third-order valence-electron chi connectivity index (χ3n) is 4.73. The van der Waals surface area contributed by atoms with Gasteiger partial charge in [0.25, 0.3) is 0 Å². The standard InChI is InChI=1S/C19H19ClN2O2S2/c1-13-6-8-15(9-7-13)22-18-12-26(23,24)11-17(18)21-19(22)25-10-14-4-2-3-5-16(14)20/h2-9,17-18H,10-12H2,1H3/t17-,18-/m0/s1. The summed E-state index contributed by atoms with van der Waals surface area (Å²) in [5.74, 6) is 0.994. The van der Waals surface area contributed by atoms with Crippen LogP contribution in [-0.2, 0) is 15.6 Å². The van der Waals surface area contributed by atoms with E-state index in [0.717, 1.165) is 21.4 Å². The highest BCUT2D eigenvalue weighted by molar-refractivity contribution is 8.13. The van der Waals surface area contributed by atoms with Gasteiger partial charge in [-0.25, -0.2) is 8.42 Å². The smallest absolute Gasteiger partial charge is 0.164 e. The monoisotopic (exact) mass is 406 g/mol. The van der Waals surface area contributed by atoms with E-state index in [1.807, 2.05) is 55.5 Å². The molecule has 0 N–H and O–H groups in total. The van der Waals surface area contributed by atoms with Crippen molar-refractivity contribution < 1.29 is 8.42 Å². The number of aliphatic imine (C=N–C) groups is 1. The summed E-state index contributed by atoms with van der Waals surface area (Å²) < 4.78 is 24.2. The van der Waals surface area contributed by atoms with Crippen molar-refractivity contribution in [2.45, 2.75) is 24.8 Å². The van der Waals surface area contributed by atoms with Crippen LogP contribution < -0.4 is 4.90 Å². The van der Waals surface area contributed by atoms with Gasteiger partial charge < -0.3 is 4.90 Å². The first-order valence-corrected chi connectivity index (χ1v) is 11.6. The molecule has 0 aromatic heterocycles. The summed E-state index contributed by atoms with van der Waals surface area (Å²) in [7, 11) is -3.03. The number of halogens is 1. The second-order valence-electron chi connectivity index (χ2n) is 6.71. The number of hydrogen-bond acceptors (Lipinski definition) is 5. The molecule has 0 amide bonds. The highest BCUT2D eigenvalue weighted by Gasteiger charge is 2.47. The molecule has 0 unspecified atom stereocenters. The molecule has 2 aromatic rings. The van der Waals surface area contributed by atoms with Crippen LogP contribution in [0.3, 0.4) is 0 Å². The van der Waals surface area contributed by atoms with Gasteiger partial charge in [0.05, 0.1) is 23.6 Å². The molecule has 136 valence electrons. The van der Waals surface area contributed by atoms with Crippen LogP contribution >= 0.6 is 23.4 Å². The van der Waals surface area contributed by atoms with Gasteiger partial charge in [-0.15, -0.1) is 0 Å². The fourth-order valence-electron chi connectivity index (χ4n) is 3.40. The zero-order chi connectivity index (χ0) is 18.3. The van der Waals surface area contributed by atoms with Crippen LogP contribution in [0, 0.1) is 6.92 Å². The van der Waals surface area contributed by atoms with Crippen molar-refractivity contribution in [3.63, 3.8) is 0 Å². The molecule has 4 rings (SSSR count). The topological polar surface area (TPSA) is 49.7 Å². The number of fused-ring (bicyclic) bond motifs is 1. The number of benzene rings is 2. The van der Waals surface area contributed by atoms with Gasteiger partial charge in [0.15, 0.2) is 15.0 Å². The lowest BCUT2D eigenvalue weighted by Crippen LogP contribution is -2.39. The van der Waals surface area contributed by atoms with E-state index in [2.05, 4.69) is 4.90 Å². The van der Waals surface area contributed by atoms with Crippen LogP contribution in [0.15, 0.2) is 53.5 Å². The molecule has 7 heteroatoms. The van der Waals surface area contributed by atoms with Crippen molar-refractivity contribution in [1.82, 2.24) is 0 Å². The summed E-state index contributed by atoms with van der Waals surface area (Å²) in [4.78, 5) is 6.85. The van der Waals surface area contributed by atoms with E-state index in [9.17, 15) is 8.42 Å². The molecule has 2 atom stereocenters. The Morgan fingerprint density at radius 3 is 2.62 bits per heavy atom. The summed E-state index contributed by atoms with van der Waals surface area (Å²) in [6, 6.07) is 15.6. The number of sulfone groups is 1. The number of nitrogens with zero attached hydrogens (tertiary/aromatic N) is 2. The third-order valence-corrected chi connectivity index (χ3v) is 7.82. The number of anilines is 1. The zero-order valence-corrected chi connectivity index (χ0v) is 16.7. The van der Waals surface area contributed by atoms with Gasteiger partial charge in [0.2, 0.25) is 0 Å². The van der Waals surface area contributed by atoms with Gasteiger partial charge in [-0.05, 0) is 30.7 Å². The molecule has 1 fully saturated rings. The molecule has 0 radical (unpaired) electrons. The average molecular weight is 407 g/mol. The van der Waals surface area contributed by atoms with Crippen LogP contribution in [0.4, 0.5) is 5.69 Å². The molecular weight excluding hydrogens is 388 g/mol. The molecule has 0 bridgehead atoms. The van der Waals surface area contributed by atoms with Crippen molar-refractivity contribution in [2.75, 3.05) is 16.4 Å². The number of aryl methyl sites for hydroxylation is 1. The summed E-state index contributed by atoms with van der Waals surface area (Å²) in [6.45, 7) is 2.04. The Bertz CT molecular complexity index is 958. The van der Waals surface area contributed by atoms with Crippen LogP contribution in [0.2, 0.25) is 5.02 Å². The lowest BCUT2D eigenvalue weighted by Gasteiger charge is -2.26. The first-order valence-electron chi connectivity index (χ1n) is 8.43. The average Bonchev–Trinajstić information content (AvgIpc) is 3.06. The zero-order valence-electron chi connectivity index (χ0n) is 14.3. The summed E-state index contributed by atoms with van der Waals surface area (Å²) in [5, 5.41) is 1.61. The molecule has 0 spiro atoms. The molecule has 2 aromatic carbocycles. The number of amidine groups is 1. The van der Waals surface area contributed by atoms with Crippen LogP contribution in [-0.4, -0.2) is 37.2 Å². The van der Waals surface area contributed by atoms with Gasteiger partial charge in [-0.2, -0.15) is 0 Å². The van der Waals surface area contributed by atoms with Gasteiger partial charge >= 0.3 is 0 Å².